The molecule has 1 aromatic rings. The normalized spacial score (nSPS) is 14.1. The van der Waals surface area contributed by atoms with E-state index in [1.54, 1.807) is 0 Å². The minimum atomic E-state index is -6.36. The Bertz CT molecular complexity index is 1140. The molecule has 0 aliphatic rings. The van der Waals surface area contributed by atoms with E-state index in [0.717, 1.165) is 0 Å². The fourth-order valence-corrected chi connectivity index (χ4v) is 3.23. The summed E-state index contributed by atoms with van der Waals surface area (Å²) in [6.07, 6.45) is -30.2. The number of hydrogen-bond donors (Lipinski definition) is 4. The first-order valence-corrected chi connectivity index (χ1v) is 11.4. The number of benzene rings is 1. The minimum absolute atomic E-state index is 0.0461. The summed E-state index contributed by atoms with van der Waals surface area (Å²) in [5.74, 6) is -6.18. The molecule has 0 bridgehead atoms. The fourth-order valence-electron chi connectivity index (χ4n) is 2.69. The molecule has 0 saturated carbocycles. The molecule has 4 N–H and O–H groups in total. The summed E-state index contributed by atoms with van der Waals surface area (Å²) >= 11 is 0. The summed E-state index contributed by atoms with van der Waals surface area (Å²) in [6, 6.07) is -0.0922. The highest BCUT2D eigenvalue weighted by atomic mass is 32.2. The molecule has 0 aromatic heterocycles. The van der Waals surface area contributed by atoms with E-state index in [9.17, 15) is 75.8 Å². The fraction of sp³-hybridized carbons (Fsp3) is 0.556. The summed E-state index contributed by atoms with van der Waals surface area (Å²) < 4.78 is 193. The van der Waals surface area contributed by atoms with E-state index in [4.69, 9.17) is 14.8 Å². The van der Waals surface area contributed by atoms with Crippen LogP contribution in [-0.4, -0.2) is 89.3 Å². The maximum absolute atomic E-state index is 12.7. The van der Waals surface area contributed by atoms with E-state index in [-0.39, 0.29) is 12.1 Å². The molecule has 1 rings (SSSR count). The molecule has 0 unspecified atom stereocenters. The Hall–Kier alpha value is -3.05. The van der Waals surface area contributed by atoms with Gasteiger partial charge in [0.05, 0.1) is 18.1 Å². The van der Waals surface area contributed by atoms with E-state index >= 15 is 0 Å². The standard InChI is InChI=1S/C18H14F12O10S/c19-15(20,21)13(34,16(22,23)24)1-3-39-11(32)8-5-7(41(36,37)38)6-9(10(8)31)12(33)40-4-2-14(35,17(25,26)27)18(28,29)30/h5-6,31,34-35H,1-4H2,(H,36,37,38). The largest absolute Gasteiger partial charge is 0.506 e. The Morgan fingerprint density at radius 2 is 0.927 bits per heavy atom. The molecule has 0 aliphatic carbocycles. The molecular weight excluding hydrogens is 636 g/mol. The van der Waals surface area contributed by atoms with Gasteiger partial charge >= 0.3 is 36.6 Å². The average Bonchev–Trinajstić information content (AvgIpc) is 2.74. The van der Waals surface area contributed by atoms with Crippen LogP contribution in [0, 0.1) is 0 Å². The lowest BCUT2D eigenvalue weighted by molar-refractivity contribution is -0.371. The summed E-state index contributed by atoms with van der Waals surface area (Å²) in [5, 5.41) is 28.1. The average molecular weight is 650 g/mol. The van der Waals surface area contributed by atoms with Crippen LogP contribution in [-0.2, 0) is 19.6 Å². The van der Waals surface area contributed by atoms with Gasteiger partial charge in [-0.1, -0.05) is 0 Å². The van der Waals surface area contributed by atoms with Crippen molar-refractivity contribution in [3.05, 3.63) is 23.3 Å². The Balaban J connectivity index is 3.32. The number of hydrogen-bond acceptors (Lipinski definition) is 9. The van der Waals surface area contributed by atoms with Crippen molar-refractivity contribution in [1.82, 2.24) is 0 Å². The van der Waals surface area contributed by atoms with E-state index in [2.05, 4.69) is 9.47 Å². The molecule has 236 valence electrons. The van der Waals surface area contributed by atoms with Crippen molar-refractivity contribution in [2.24, 2.45) is 0 Å². The first-order valence-electron chi connectivity index (χ1n) is 9.91. The number of phenols is 1. The molecule has 0 amide bonds. The van der Waals surface area contributed by atoms with E-state index in [1.807, 2.05) is 0 Å². The predicted octanol–water partition coefficient (Wildman–Crippen LogP) is 3.44. The Kier molecular flexibility index (Phi) is 9.93. The lowest BCUT2D eigenvalue weighted by atomic mass is 9.99. The first kappa shape index (κ1) is 36.0. The van der Waals surface area contributed by atoms with Crippen molar-refractivity contribution in [3.63, 3.8) is 0 Å². The SMILES string of the molecule is O=C(OCCC(O)(C(F)(F)F)C(F)(F)F)c1cc(S(=O)(=O)O)cc(C(=O)OCCC(O)(C(F)(F)F)C(F)(F)F)c1O. The molecule has 0 heterocycles. The number of halogens is 12. The third kappa shape index (κ3) is 7.62. The zero-order valence-corrected chi connectivity index (χ0v) is 20.0. The van der Waals surface area contributed by atoms with Gasteiger partial charge in [0.2, 0.25) is 0 Å². The molecule has 0 aliphatic heterocycles. The minimum Gasteiger partial charge on any atom is -0.506 e. The summed E-state index contributed by atoms with van der Waals surface area (Å²) in [6.45, 7) is -3.87. The highest BCUT2D eigenvalue weighted by molar-refractivity contribution is 7.85. The lowest BCUT2D eigenvalue weighted by Crippen LogP contribution is -2.57. The van der Waals surface area contributed by atoms with Gasteiger partial charge in [-0.05, 0) is 12.1 Å². The smallest absolute Gasteiger partial charge is 0.426 e. The number of alkyl halides is 12. The van der Waals surface area contributed by atoms with Gasteiger partial charge in [-0.2, -0.15) is 61.1 Å². The number of aromatic hydroxyl groups is 1. The van der Waals surface area contributed by atoms with Crippen LogP contribution in [0.4, 0.5) is 52.7 Å². The summed E-state index contributed by atoms with van der Waals surface area (Å²) in [7, 11) is -5.50. The third-order valence-electron chi connectivity index (χ3n) is 5.09. The number of esters is 2. The topological polar surface area (TPSA) is 168 Å². The lowest BCUT2D eigenvalue weighted by Gasteiger charge is -2.32. The first-order chi connectivity index (χ1) is 18.0. The van der Waals surface area contributed by atoms with Gasteiger partial charge in [0, 0.05) is 12.8 Å². The molecule has 41 heavy (non-hydrogen) atoms. The molecule has 10 nitrogen and oxygen atoms in total. The predicted molar refractivity (Wildman–Crippen MR) is 102 cm³/mol. The van der Waals surface area contributed by atoms with Gasteiger partial charge < -0.3 is 24.8 Å². The zero-order valence-electron chi connectivity index (χ0n) is 19.2. The molecular formula is C18H14F12O10S. The van der Waals surface area contributed by atoms with Crippen LogP contribution >= 0.6 is 0 Å². The number of ether oxygens (including phenoxy) is 2. The highest BCUT2D eigenvalue weighted by Crippen LogP contribution is 2.46. The third-order valence-corrected chi connectivity index (χ3v) is 5.92. The Morgan fingerprint density at radius 1 is 0.659 bits per heavy atom. The van der Waals surface area contributed by atoms with E-state index in [0.29, 0.717) is 0 Å². The van der Waals surface area contributed by atoms with Crippen molar-refractivity contribution in [2.75, 3.05) is 13.2 Å². The van der Waals surface area contributed by atoms with Crippen LogP contribution in [0.15, 0.2) is 17.0 Å². The molecule has 0 radical (unpaired) electrons. The second kappa shape index (κ2) is 11.3. The molecule has 0 saturated heterocycles. The van der Waals surface area contributed by atoms with Crippen molar-refractivity contribution < 1.29 is 100 Å². The van der Waals surface area contributed by atoms with Gasteiger partial charge in [-0.15, -0.1) is 0 Å². The summed E-state index contributed by atoms with van der Waals surface area (Å²) in [5.41, 5.74) is -14.1. The molecule has 0 atom stereocenters. The second-order valence-electron chi connectivity index (χ2n) is 7.83. The Morgan fingerprint density at radius 3 is 1.15 bits per heavy atom. The van der Waals surface area contributed by atoms with Gasteiger partial charge in [-0.3, -0.25) is 4.55 Å². The van der Waals surface area contributed by atoms with E-state index < -0.39 is 106 Å². The van der Waals surface area contributed by atoms with Crippen LogP contribution in [0.25, 0.3) is 0 Å². The van der Waals surface area contributed by atoms with Crippen LogP contribution in [0.5, 0.6) is 5.75 Å². The quantitative estimate of drug-likeness (QED) is 0.177. The maximum Gasteiger partial charge on any atom is 0.426 e. The van der Waals surface area contributed by atoms with Crippen molar-refractivity contribution in [2.45, 2.75) is 53.6 Å². The number of phenolic OH excluding ortho intramolecular Hbond substituents is 1. The van der Waals surface area contributed by atoms with Gasteiger partial charge in [-0.25, -0.2) is 9.59 Å². The van der Waals surface area contributed by atoms with Crippen LogP contribution in [0.1, 0.15) is 33.6 Å². The van der Waals surface area contributed by atoms with Crippen LogP contribution in [0.3, 0.4) is 0 Å². The molecule has 0 fully saturated rings. The van der Waals surface area contributed by atoms with E-state index in [1.165, 1.54) is 0 Å². The number of aliphatic hydroxyl groups is 2. The van der Waals surface area contributed by atoms with Crippen LogP contribution in [0.2, 0.25) is 0 Å². The molecule has 0 spiro atoms. The number of carbonyl (C=O) groups is 2. The molecule has 23 heteroatoms. The van der Waals surface area contributed by atoms with Gasteiger partial charge in [0.25, 0.3) is 21.3 Å². The second-order valence-corrected chi connectivity index (χ2v) is 9.25. The monoisotopic (exact) mass is 650 g/mol. The van der Waals surface area contributed by atoms with Gasteiger partial charge in [0.1, 0.15) is 16.9 Å². The van der Waals surface area contributed by atoms with Crippen molar-refractivity contribution >= 4 is 22.1 Å². The molecule has 1 aromatic carbocycles. The number of carbonyl (C=O) groups excluding carboxylic acids is 2. The van der Waals surface area contributed by atoms with Crippen molar-refractivity contribution in [3.8, 4) is 5.75 Å². The Labute approximate surface area is 218 Å². The highest BCUT2D eigenvalue weighted by Gasteiger charge is 2.71. The number of rotatable bonds is 9. The van der Waals surface area contributed by atoms with Crippen LogP contribution < -0.4 is 0 Å². The summed E-state index contributed by atoms with van der Waals surface area (Å²) in [4.78, 5) is 22.7. The van der Waals surface area contributed by atoms with Gasteiger partial charge in [0.15, 0.2) is 0 Å². The maximum atomic E-state index is 12.7. The zero-order chi connectivity index (χ0) is 32.6. The van der Waals surface area contributed by atoms with Crippen molar-refractivity contribution in [1.29, 1.82) is 0 Å².